The summed E-state index contributed by atoms with van der Waals surface area (Å²) in [6.07, 6.45) is -0.408. The largest absolute Gasteiger partial charge is 0.485 e. The third-order valence-electron chi connectivity index (χ3n) is 2.64. The third kappa shape index (κ3) is 4.47. The van der Waals surface area contributed by atoms with Crippen molar-refractivity contribution in [3.8, 4) is 11.5 Å². The molecular weight excluding hydrogens is 282 g/mol. The van der Waals surface area contributed by atoms with Gasteiger partial charge in [0, 0.05) is 6.54 Å². The van der Waals surface area contributed by atoms with E-state index in [2.05, 4.69) is 5.16 Å². The van der Waals surface area contributed by atoms with E-state index in [1.807, 2.05) is 43.3 Å². The van der Waals surface area contributed by atoms with Gasteiger partial charge in [0.1, 0.15) is 13.2 Å². The smallest absolute Gasteiger partial charge is 0.193 e. The second-order valence-electron chi connectivity index (χ2n) is 4.52. The van der Waals surface area contributed by atoms with Crippen LogP contribution in [-0.4, -0.2) is 50.7 Å². The van der Waals surface area contributed by atoms with Crippen LogP contribution in [0.25, 0.3) is 0 Å². The number of fused-ring (bicyclic) bond motifs is 1. The zero-order valence-electron chi connectivity index (χ0n) is 11.6. The quantitative estimate of drug-likeness (QED) is 0.382. The summed E-state index contributed by atoms with van der Waals surface area (Å²) in [5.74, 6) is 1.68. The fraction of sp³-hybridized carbons (Fsp3) is 0.462. The molecule has 0 saturated heterocycles. The lowest BCUT2D eigenvalue weighted by Crippen LogP contribution is -2.41. The van der Waals surface area contributed by atoms with Crippen molar-refractivity contribution in [1.29, 1.82) is 0 Å². The monoisotopic (exact) mass is 301 g/mol. The molecule has 1 unspecified atom stereocenters. The maximum atomic E-state index is 5.83. The second kappa shape index (κ2) is 7.81. The number of oxime groups is 1. The number of likely N-dealkylation sites (N-methyl/N-ethyl adjacent to an activating group) is 1. The summed E-state index contributed by atoms with van der Waals surface area (Å²) in [6, 6.07) is 7.46. The molecule has 6 nitrogen and oxygen atoms in total. The van der Waals surface area contributed by atoms with Crippen LogP contribution in [0.3, 0.4) is 0 Å². The number of rotatable bonds is 5. The Labute approximate surface area is 124 Å². The average molecular weight is 302 g/mol. The first kappa shape index (κ1) is 16.4. The molecular formula is C13H20ClN3O3. The normalized spacial score (nSPS) is 17.6. The Kier molecular flexibility index (Phi) is 6.41. The Balaban J connectivity index is 0.00000200. The molecule has 1 heterocycles. The fourth-order valence-corrected chi connectivity index (χ4v) is 1.57. The molecule has 20 heavy (non-hydrogen) atoms. The van der Waals surface area contributed by atoms with Gasteiger partial charge in [-0.15, -0.1) is 12.4 Å². The zero-order chi connectivity index (χ0) is 13.7. The van der Waals surface area contributed by atoms with Crippen molar-refractivity contribution in [3.63, 3.8) is 0 Å². The van der Waals surface area contributed by atoms with Crippen LogP contribution < -0.4 is 15.2 Å². The summed E-state index contributed by atoms with van der Waals surface area (Å²) in [5.41, 5.74) is 5.83. The van der Waals surface area contributed by atoms with Gasteiger partial charge < -0.3 is 24.9 Å². The van der Waals surface area contributed by atoms with E-state index in [1.165, 1.54) is 0 Å². The molecule has 0 bridgehead atoms. The van der Waals surface area contributed by atoms with Crippen molar-refractivity contribution in [3.05, 3.63) is 24.3 Å². The summed E-state index contributed by atoms with van der Waals surface area (Å²) in [7, 11) is 3.93. The summed E-state index contributed by atoms with van der Waals surface area (Å²) in [6.45, 7) is 1.60. The molecule has 0 saturated carbocycles. The van der Waals surface area contributed by atoms with E-state index in [4.69, 9.17) is 20.0 Å². The number of hydrogen-bond donors (Lipinski definition) is 1. The molecule has 0 amide bonds. The predicted molar refractivity (Wildman–Crippen MR) is 79.7 cm³/mol. The van der Waals surface area contributed by atoms with E-state index >= 15 is 0 Å². The van der Waals surface area contributed by atoms with Crippen LogP contribution in [0.5, 0.6) is 11.5 Å². The van der Waals surface area contributed by atoms with Gasteiger partial charge in [-0.05, 0) is 26.2 Å². The molecule has 0 spiro atoms. The maximum absolute atomic E-state index is 5.83. The SMILES string of the molecule is CN(C)CCO/N=C(\N)C1COc2ccccc2O1.Cl. The van der Waals surface area contributed by atoms with Gasteiger partial charge in [-0.1, -0.05) is 17.3 Å². The first-order valence-electron chi connectivity index (χ1n) is 6.15. The van der Waals surface area contributed by atoms with Crippen LogP contribution in [0, 0.1) is 0 Å². The molecule has 1 atom stereocenters. The van der Waals surface area contributed by atoms with E-state index in [0.717, 1.165) is 12.3 Å². The maximum Gasteiger partial charge on any atom is 0.193 e. The Hall–Kier alpha value is -1.66. The van der Waals surface area contributed by atoms with Crippen molar-refractivity contribution in [1.82, 2.24) is 4.90 Å². The van der Waals surface area contributed by atoms with Gasteiger partial charge in [-0.2, -0.15) is 0 Å². The molecule has 2 rings (SSSR count). The number of hydrogen-bond acceptors (Lipinski definition) is 5. The van der Waals surface area contributed by atoms with Crippen LogP contribution in [0.2, 0.25) is 0 Å². The Bertz CT molecular complexity index is 454. The van der Waals surface area contributed by atoms with Crippen molar-refractivity contribution in [2.75, 3.05) is 33.9 Å². The highest BCUT2D eigenvalue weighted by atomic mass is 35.5. The zero-order valence-corrected chi connectivity index (χ0v) is 12.4. The highest BCUT2D eigenvalue weighted by Gasteiger charge is 2.24. The van der Waals surface area contributed by atoms with Crippen molar-refractivity contribution >= 4 is 18.2 Å². The van der Waals surface area contributed by atoms with Crippen LogP contribution in [0.1, 0.15) is 0 Å². The second-order valence-corrected chi connectivity index (χ2v) is 4.52. The first-order valence-corrected chi connectivity index (χ1v) is 6.15. The number of ether oxygens (including phenoxy) is 2. The molecule has 0 radical (unpaired) electrons. The molecule has 112 valence electrons. The van der Waals surface area contributed by atoms with Gasteiger partial charge in [0.05, 0.1) is 0 Å². The average Bonchev–Trinajstić information content (AvgIpc) is 2.42. The van der Waals surface area contributed by atoms with Crippen LogP contribution in [0.4, 0.5) is 0 Å². The van der Waals surface area contributed by atoms with E-state index in [-0.39, 0.29) is 18.2 Å². The molecule has 1 aromatic rings. The number of nitrogens with two attached hydrogens (primary N) is 1. The summed E-state index contributed by atoms with van der Waals surface area (Å²) in [5, 5.41) is 3.86. The van der Waals surface area contributed by atoms with Gasteiger partial charge in [-0.25, -0.2) is 0 Å². The fourth-order valence-electron chi connectivity index (χ4n) is 1.57. The van der Waals surface area contributed by atoms with Gasteiger partial charge in [0.25, 0.3) is 0 Å². The molecule has 1 aliphatic rings. The lowest BCUT2D eigenvalue weighted by Gasteiger charge is -2.25. The lowest BCUT2D eigenvalue weighted by atomic mass is 10.2. The molecule has 0 fully saturated rings. The number of nitrogens with zero attached hydrogens (tertiary/aromatic N) is 2. The number of halogens is 1. The first-order chi connectivity index (χ1) is 9.16. The Morgan fingerprint density at radius 1 is 1.40 bits per heavy atom. The van der Waals surface area contributed by atoms with Crippen LogP contribution >= 0.6 is 12.4 Å². The summed E-state index contributed by atoms with van der Waals surface area (Å²) in [4.78, 5) is 7.14. The Morgan fingerprint density at radius 2 is 2.10 bits per heavy atom. The van der Waals surface area contributed by atoms with Crippen molar-refractivity contribution < 1.29 is 14.3 Å². The standard InChI is InChI=1S/C13H19N3O3.ClH/c1-16(2)7-8-18-15-13(14)12-9-17-10-5-3-4-6-11(10)19-12;/h3-6,12H,7-9H2,1-2H3,(H2,14,15);1H. The van der Waals surface area contributed by atoms with Gasteiger partial charge >= 0.3 is 0 Å². The molecule has 0 aliphatic carbocycles. The minimum Gasteiger partial charge on any atom is -0.485 e. The van der Waals surface area contributed by atoms with Crippen molar-refractivity contribution in [2.45, 2.75) is 6.10 Å². The Morgan fingerprint density at radius 3 is 2.80 bits per heavy atom. The van der Waals surface area contributed by atoms with E-state index in [1.54, 1.807) is 0 Å². The highest BCUT2D eigenvalue weighted by molar-refractivity contribution is 5.85. The lowest BCUT2D eigenvalue weighted by molar-refractivity contribution is 0.108. The van der Waals surface area contributed by atoms with Crippen LogP contribution in [-0.2, 0) is 4.84 Å². The van der Waals surface area contributed by atoms with Crippen molar-refractivity contribution in [2.24, 2.45) is 10.9 Å². The minimum absolute atomic E-state index is 0. The molecule has 1 aliphatic heterocycles. The summed E-state index contributed by atoms with van der Waals surface area (Å²) >= 11 is 0. The molecule has 1 aromatic carbocycles. The van der Waals surface area contributed by atoms with Gasteiger partial charge in [-0.3, -0.25) is 0 Å². The molecule has 7 heteroatoms. The van der Waals surface area contributed by atoms with E-state index in [0.29, 0.717) is 19.0 Å². The predicted octanol–water partition coefficient (Wildman–Crippen LogP) is 1.10. The van der Waals surface area contributed by atoms with E-state index in [9.17, 15) is 0 Å². The molecule has 2 N–H and O–H groups in total. The van der Waals surface area contributed by atoms with Gasteiger partial charge in [0.2, 0.25) is 0 Å². The molecule has 0 aromatic heterocycles. The topological polar surface area (TPSA) is 69.3 Å². The highest BCUT2D eigenvalue weighted by Crippen LogP contribution is 2.30. The van der Waals surface area contributed by atoms with Crippen LogP contribution in [0.15, 0.2) is 29.4 Å². The number of benzene rings is 1. The van der Waals surface area contributed by atoms with E-state index < -0.39 is 6.10 Å². The summed E-state index contributed by atoms with van der Waals surface area (Å²) < 4.78 is 11.3. The third-order valence-corrected chi connectivity index (χ3v) is 2.64. The van der Waals surface area contributed by atoms with Gasteiger partial charge in [0.15, 0.2) is 23.4 Å². The minimum atomic E-state index is -0.408. The number of amidine groups is 1. The number of para-hydroxylation sites is 2.